The predicted molar refractivity (Wildman–Crippen MR) is 82.4 cm³/mol. The number of carbonyl (C=O) groups is 1. The Morgan fingerprint density at radius 1 is 1.24 bits per heavy atom. The number of aromatic nitrogens is 1. The van der Waals surface area contributed by atoms with Gasteiger partial charge in [0, 0.05) is 18.0 Å². The van der Waals surface area contributed by atoms with Crippen LogP contribution in [0.5, 0.6) is 0 Å². The van der Waals surface area contributed by atoms with Crippen LogP contribution < -0.4 is 5.32 Å². The third-order valence-corrected chi connectivity index (χ3v) is 3.85. The lowest BCUT2D eigenvalue weighted by Crippen LogP contribution is -2.16. The lowest BCUT2D eigenvalue weighted by molar-refractivity contribution is -0.116. The summed E-state index contributed by atoms with van der Waals surface area (Å²) in [6, 6.07) is 13.6. The van der Waals surface area contributed by atoms with Gasteiger partial charge in [0.15, 0.2) is 5.13 Å². The van der Waals surface area contributed by atoms with Gasteiger partial charge in [0.1, 0.15) is 5.76 Å². The standard InChI is InChI=1S/C16H14N2O2S/c19-15(18-16-17-8-10-21-16)11-13(14-7-4-9-20-14)12-5-2-1-3-6-12/h1-10,13H,11H2,(H,17,18,19)/t13-/m1/s1. The van der Waals surface area contributed by atoms with E-state index in [4.69, 9.17) is 4.42 Å². The number of benzene rings is 1. The summed E-state index contributed by atoms with van der Waals surface area (Å²) in [5.74, 6) is 0.617. The molecule has 4 nitrogen and oxygen atoms in total. The Morgan fingerprint density at radius 3 is 2.76 bits per heavy atom. The second kappa shape index (κ2) is 6.37. The molecule has 0 bridgehead atoms. The van der Waals surface area contributed by atoms with E-state index in [1.165, 1.54) is 11.3 Å². The maximum absolute atomic E-state index is 12.2. The number of hydrogen-bond acceptors (Lipinski definition) is 4. The molecule has 106 valence electrons. The van der Waals surface area contributed by atoms with Gasteiger partial charge in [0.05, 0.1) is 12.2 Å². The summed E-state index contributed by atoms with van der Waals surface area (Å²) < 4.78 is 5.49. The second-order valence-corrected chi connectivity index (χ2v) is 5.46. The van der Waals surface area contributed by atoms with Crippen molar-refractivity contribution in [2.45, 2.75) is 12.3 Å². The van der Waals surface area contributed by atoms with Crippen LogP contribution >= 0.6 is 11.3 Å². The fourth-order valence-corrected chi connectivity index (χ4v) is 2.74. The number of nitrogens with one attached hydrogen (secondary N) is 1. The number of furan rings is 1. The van der Waals surface area contributed by atoms with Crippen LogP contribution in [-0.2, 0) is 4.79 Å². The molecule has 1 aromatic carbocycles. The fraction of sp³-hybridized carbons (Fsp3) is 0.125. The molecule has 2 heterocycles. The summed E-state index contributed by atoms with van der Waals surface area (Å²) in [6.07, 6.45) is 3.61. The van der Waals surface area contributed by atoms with Crippen molar-refractivity contribution in [3.63, 3.8) is 0 Å². The van der Waals surface area contributed by atoms with Crippen molar-refractivity contribution >= 4 is 22.4 Å². The molecule has 0 fully saturated rings. The summed E-state index contributed by atoms with van der Waals surface area (Å²) >= 11 is 1.41. The Labute approximate surface area is 126 Å². The van der Waals surface area contributed by atoms with E-state index in [9.17, 15) is 4.79 Å². The SMILES string of the molecule is O=C(C[C@H](c1ccccc1)c1ccco1)Nc1nccs1. The van der Waals surface area contributed by atoms with E-state index in [0.29, 0.717) is 11.6 Å². The van der Waals surface area contributed by atoms with Crippen molar-refractivity contribution in [1.82, 2.24) is 4.98 Å². The molecule has 1 amide bonds. The highest BCUT2D eigenvalue weighted by molar-refractivity contribution is 7.13. The Balaban J connectivity index is 1.78. The van der Waals surface area contributed by atoms with Crippen LogP contribution in [-0.4, -0.2) is 10.9 Å². The predicted octanol–water partition coefficient (Wildman–Crippen LogP) is 3.90. The summed E-state index contributed by atoms with van der Waals surface area (Å²) in [7, 11) is 0. The molecule has 0 aliphatic carbocycles. The van der Waals surface area contributed by atoms with E-state index in [1.807, 2.05) is 47.8 Å². The molecule has 5 heteroatoms. The highest BCUT2D eigenvalue weighted by atomic mass is 32.1. The van der Waals surface area contributed by atoms with E-state index >= 15 is 0 Å². The number of carbonyl (C=O) groups excluding carboxylic acids is 1. The normalized spacial score (nSPS) is 12.0. The van der Waals surface area contributed by atoms with E-state index in [2.05, 4.69) is 10.3 Å². The van der Waals surface area contributed by atoms with Crippen LogP contribution in [0.3, 0.4) is 0 Å². The minimum Gasteiger partial charge on any atom is -0.469 e. The highest BCUT2D eigenvalue weighted by Crippen LogP contribution is 2.28. The molecule has 0 saturated heterocycles. The molecule has 21 heavy (non-hydrogen) atoms. The van der Waals surface area contributed by atoms with Crippen LogP contribution in [0.2, 0.25) is 0 Å². The van der Waals surface area contributed by atoms with Crippen LogP contribution in [0.25, 0.3) is 0 Å². The van der Waals surface area contributed by atoms with Gasteiger partial charge in [-0.3, -0.25) is 4.79 Å². The van der Waals surface area contributed by atoms with Gasteiger partial charge in [0.2, 0.25) is 5.91 Å². The molecule has 0 aliphatic rings. The first kappa shape index (κ1) is 13.6. The molecule has 3 aromatic rings. The largest absolute Gasteiger partial charge is 0.469 e. The maximum Gasteiger partial charge on any atom is 0.227 e. The van der Waals surface area contributed by atoms with Gasteiger partial charge in [-0.25, -0.2) is 4.98 Å². The smallest absolute Gasteiger partial charge is 0.227 e. The Kier molecular flexibility index (Phi) is 4.12. The average molecular weight is 298 g/mol. The van der Waals surface area contributed by atoms with E-state index in [1.54, 1.807) is 12.5 Å². The van der Waals surface area contributed by atoms with Crippen LogP contribution in [0.4, 0.5) is 5.13 Å². The molecular formula is C16H14N2O2S. The monoisotopic (exact) mass is 298 g/mol. The molecule has 3 rings (SSSR count). The first-order chi connectivity index (χ1) is 10.3. The molecule has 1 atom stereocenters. The lowest BCUT2D eigenvalue weighted by atomic mass is 9.93. The summed E-state index contributed by atoms with van der Waals surface area (Å²) in [4.78, 5) is 16.3. The zero-order valence-corrected chi connectivity index (χ0v) is 12.0. The first-order valence-electron chi connectivity index (χ1n) is 6.60. The van der Waals surface area contributed by atoms with Gasteiger partial charge < -0.3 is 9.73 Å². The van der Waals surface area contributed by atoms with Crippen molar-refractivity contribution in [2.75, 3.05) is 5.32 Å². The molecule has 0 saturated carbocycles. The molecule has 0 aliphatic heterocycles. The zero-order chi connectivity index (χ0) is 14.5. The Hall–Kier alpha value is -2.40. The van der Waals surface area contributed by atoms with Gasteiger partial charge in [0.25, 0.3) is 0 Å². The van der Waals surface area contributed by atoms with Gasteiger partial charge in [-0.1, -0.05) is 30.3 Å². The van der Waals surface area contributed by atoms with Crippen LogP contribution in [0.15, 0.2) is 64.7 Å². The number of nitrogens with zero attached hydrogens (tertiary/aromatic N) is 1. The summed E-state index contributed by atoms with van der Waals surface area (Å²) in [5, 5.41) is 5.26. The van der Waals surface area contributed by atoms with Crippen molar-refractivity contribution in [2.24, 2.45) is 0 Å². The lowest BCUT2D eigenvalue weighted by Gasteiger charge is -2.14. The Bertz CT molecular complexity index is 678. The highest BCUT2D eigenvalue weighted by Gasteiger charge is 2.20. The third kappa shape index (κ3) is 3.38. The summed E-state index contributed by atoms with van der Waals surface area (Å²) in [6.45, 7) is 0. The number of rotatable bonds is 5. The van der Waals surface area contributed by atoms with Gasteiger partial charge in [-0.05, 0) is 17.7 Å². The van der Waals surface area contributed by atoms with Gasteiger partial charge >= 0.3 is 0 Å². The van der Waals surface area contributed by atoms with Gasteiger partial charge in [-0.15, -0.1) is 11.3 Å². The maximum atomic E-state index is 12.2. The number of hydrogen-bond donors (Lipinski definition) is 1. The van der Waals surface area contributed by atoms with E-state index < -0.39 is 0 Å². The number of amides is 1. The molecule has 0 radical (unpaired) electrons. The fourth-order valence-electron chi connectivity index (χ4n) is 2.20. The van der Waals surface area contributed by atoms with E-state index in [0.717, 1.165) is 11.3 Å². The van der Waals surface area contributed by atoms with Crippen LogP contribution in [0.1, 0.15) is 23.7 Å². The van der Waals surface area contributed by atoms with Crippen molar-refractivity contribution in [3.8, 4) is 0 Å². The Morgan fingerprint density at radius 2 is 2.10 bits per heavy atom. The molecule has 2 aromatic heterocycles. The minimum absolute atomic E-state index is 0.0739. The van der Waals surface area contributed by atoms with Gasteiger partial charge in [-0.2, -0.15) is 0 Å². The first-order valence-corrected chi connectivity index (χ1v) is 7.48. The summed E-state index contributed by atoms with van der Waals surface area (Å²) in [5.41, 5.74) is 1.06. The van der Waals surface area contributed by atoms with Crippen molar-refractivity contribution in [3.05, 3.63) is 71.6 Å². The van der Waals surface area contributed by atoms with E-state index in [-0.39, 0.29) is 11.8 Å². The number of anilines is 1. The average Bonchev–Trinajstić information content (AvgIpc) is 3.19. The quantitative estimate of drug-likeness (QED) is 0.777. The molecule has 1 N–H and O–H groups in total. The zero-order valence-electron chi connectivity index (χ0n) is 11.2. The number of thiazole rings is 1. The molecule has 0 spiro atoms. The topological polar surface area (TPSA) is 55.1 Å². The third-order valence-electron chi connectivity index (χ3n) is 3.16. The second-order valence-electron chi connectivity index (χ2n) is 4.57. The van der Waals surface area contributed by atoms with Crippen molar-refractivity contribution in [1.29, 1.82) is 0 Å². The van der Waals surface area contributed by atoms with Crippen molar-refractivity contribution < 1.29 is 9.21 Å². The molecule has 0 unspecified atom stereocenters. The molecular weight excluding hydrogens is 284 g/mol. The minimum atomic E-state index is -0.0961. The van der Waals surface area contributed by atoms with Crippen LogP contribution in [0, 0.1) is 0 Å².